The number of imidazole rings is 1. The first-order chi connectivity index (χ1) is 27.7. The van der Waals surface area contributed by atoms with E-state index in [2.05, 4.69) is 231 Å². The van der Waals surface area contributed by atoms with E-state index < -0.39 is 0 Å². The fourth-order valence-electron chi connectivity index (χ4n) is 9.54. The van der Waals surface area contributed by atoms with Gasteiger partial charge in [0.05, 0.1) is 0 Å². The van der Waals surface area contributed by atoms with Crippen molar-refractivity contribution in [3.05, 3.63) is 148 Å². The van der Waals surface area contributed by atoms with Gasteiger partial charge in [0, 0.05) is 6.20 Å². The van der Waals surface area contributed by atoms with Gasteiger partial charge in [0.15, 0.2) is 0 Å². The Kier molecular flexibility index (Phi) is 8.87. The van der Waals surface area contributed by atoms with E-state index >= 15 is 0 Å². The Morgan fingerprint density at radius 3 is 1.85 bits per heavy atom. The number of nitrogens with zero attached hydrogens (tertiary/aromatic N) is 4. The molecule has 5 nitrogen and oxygen atoms in total. The zero-order valence-electron chi connectivity index (χ0n) is 36.6. The fourth-order valence-corrected chi connectivity index (χ4v) is 10.7. The van der Waals surface area contributed by atoms with Crippen molar-refractivity contribution in [2.24, 2.45) is 5.41 Å². The number of hydrogen-bond acceptors (Lipinski definition) is 2. The average Bonchev–Trinajstić information content (AvgIpc) is 3.70. The topological polar surface area (TPSA) is 36.9 Å². The van der Waals surface area contributed by atoms with E-state index in [9.17, 15) is 0 Å². The molecule has 304 valence electrons. The van der Waals surface area contributed by atoms with Gasteiger partial charge in [-0.1, -0.05) is 68.4 Å². The van der Waals surface area contributed by atoms with Crippen molar-refractivity contribution < 1.29 is 24.1 Å². The summed E-state index contributed by atoms with van der Waals surface area (Å²) in [5, 5.41) is 2.53. The molecular formula is C53H56N4OPt. The van der Waals surface area contributed by atoms with Crippen LogP contribution in [0.1, 0.15) is 105 Å². The first-order valence-electron chi connectivity index (χ1n) is 20.9. The Bertz CT molecular complexity index is 3030. The number of hydrogen-bond donors (Lipinski definition) is 0. The molecule has 3 aromatic heterocycles. The summed E-state index contributed by atoms with van der Waals surface area (Å²) in [6.45, 7) is 28.1. The van der Waals surface area contributed by atoms with E-state index in [-0.39, 0.29) is 27.1 Å². The molecule has 6 heteroatoms. The number of rotatable bonds is 5. The third-order valence-corrected chi connectivity index (χ3v) is 15.2. The van der Waals surface area contributed by atoms with Gasteiger partial charge in [0.2, 0.25) is 0 Å². The summed E-state index contributed by atoms with van der Waals surface area (Å²) >= 11 is 2.47. The fraction of sp³-hybridized carbons (Fsp3) is 0.321. The Hall–Kier alpha value is -4.99. The summed E-state index contributed by atoms with van der Waals surface area (Å²) in [4.78, 5) is 5.03. The zero-order valence-corrected chi connectivity index (χ0v) is 38.8. The molecule has 0 saturated carbocycles. The molecular weight excluding hydrogens is 904 g/mol. The third-order valence-electron chi connectivity index (χ3n) is 14.2. The Morgan fingerprint density at radius 2 is 1.19 bits per heavy atom. The van der Waals surface area contributed by atoms with Crippen LogP contribution >= 0.6 is 0 Å². The van der Waals surface area contributed by atoms with E-state index in [1.165, 1.54) is 38.5 Å². The van der Waals surface area contributed by atoms with E-state index in [1.807, 2.05) is 6.20 Å². The van der Waals surface area contributed by atoms with Crippen molar-refractivity contribution in [2.75, 3.05) is 0 Å². The summed E-state index contributed by atoms with van der Waals surface area (Å²) in [5.74, 6) is 2.47. The summed E-state index contributed by atoms with van der Waals surface area (Å²) in [6.07, 6.45) is 1.96. The van der Waals surface area contributed by atoms with Crippen LogP contribution in [0.4, 0.5) is 0 Å². The molecule has 3 heterocycles. The van der Waals surface area contributed by atoms with Gasteiger partial charge in [-0.3, -0.25) is 0 Å². The van der Waals surface area contributed by atoms with E-state index in [0.29, 0.717) is 0 Å². The van der Waals surface area contributed by atoms with Crippen molar-refractivity contribution in [3.8, 4) is 28.7 Å². The predicted octanol–water partition coefficient (Wildman–Crippen LogP) is 14.0. The van der Waals surface area contributed by atoms with Crippen LogP contribution in [0.15, 0.2) is 121 Å². The van der Waals surface area contributed by atoms with E-state index in [4.69, 9.17) is 9.72 Å². The average molecular weight is 960 g/mol. The minimum atomic E-state index is -0.0744. The summed E-state index contributed by atoms with van der Waals surface area (Å²) in [6, 6.07) is 41.8. The maximum absolute atomic E-state index is 6.85. The molecule has 0 aliphatic heterocycles. The molecule has 8 aromatic rings. The molecule has 1 aliphatic rings. The van der Waals surface area contributed by atoms with Gasteiger partial charge in [-0.05, 0) is 38.9 Å². The standard InChI is InChI=1S/C53H56N4O.Pt/c1-49(2,3)34-20-22-36(23-21-34)55-33-56(43-19-14-13-18-42(43)55)37-16-15-17-38(31-37)58-39-24-25-40-45(32-39)57(46-30-35(28-29-54-46)50(4,5)6)44-27-26-41-48(47(40)44)52(9,10)53(11,12)51(41,7)8;/h13-32H,1-12H3;. The second-order valence-corrected chi connectivity index (χ2v) is 21.2. The van der Waals surface area contributed by atoms with Crippen molar-refractivity contribution in [2.45, 2.75) is 105 Å². The van der Waals surface area contributed by atoms with Crippen LogP contribution in [-0.2, 0) is 41.0 Å². The maximum atomic E-state index is 6.85. The van der Waals surface area contributed by atoms with Crippen molar-refractivity contribution in [1.29, 1.82) is 0 Å². The number of ether oxygens (including phenoxy) is 1. The van der Waals surface area contributed by atoms with Crippen molar-refractivity contribution in [1.82, 2.24) is 18.7 Å². The van der Waals surface area contributed by atoms with Gasteiger partial charge >= 0.3 is 249 Å². The van der Waals surface area contributed by atoms with Gasteiger partial charge in [0.1, 0.15) is 0 Å². The molecule has 0 radical (unpaired) electrons. The predicted molar refractivity (Wildman–Crippen MR) is 242 cm³/mol. The molecule has 0 N–H and O–H groups in total. The molecule has 0 atom stereocenters. The second-order valence-electron chi connectivity index (χ2n) is 20.2. The van der Waals surface area contributed by atoms with Gasteiger partial charge < -0.3 is 0 Å². The minimum absolute atomic E-state index is 0.00797. The van der Waals surface area contributed by atoms with Crippen molar-refractivity contribution >= 4 is 32.8 Å². The van der Waals surface area contributed by atoms with Gasteiger partial charge in [-0.2, -0.15) is 0 Å². The number of pyridine rings is 1. The zero-order chi connectivity index (χ0) is 42.0. The molecule has 0 fully saturated rings. The normalized spacial score (nSPS) is 16.0. The number of fused-ring (bicyclic) bond motifs is 6. The number of aromatic nitrogens is 4. The molecule has 0 saturated heterocycles. The Labute approximate surface area is 360 Å². The molecule has 0 spiro atoms. The Balaban J connectivity index is 1.19. The molecule has 0 unspecified atom stereocenters. The monoisotopic (exact) mass is 959 g/mol. The first-order valence-corrected chi connectivity index (χ1v) is 22.0. The van der Waals surface area contributed by atoms with Crippen LogP contribution in [0.25, 0.3) is 50.0 Å². The number of para-hydroxylation sites is 2. The van der Waals surface area contributed by atoms with Gasteiger partial charge in [-0.25, -0.2) is 0 Å². The molecule has 59 heavy (non-hydrogen) atoms. The molecule has 5 aromatic carbocycles. The molecule has 0 amide bonds. The van der Waals surface area contributed by atoms with E-state index in [0.717, 1.165) is 49.0 Å². The van der Waals surface area contributed by atoms with E-state index in [1.54, 1.807) is 0 Å². The van der Waals surface area contributed by atoms with Gasteiger partial charge in [-0.15, -0.1) is 0 Å². The van der Waals surface area contributed by atoms with Gasteiger partial charge in [0.25, 0.3) is 0 Å². The quantitative estimate of drug-likeness (QED) is 0.172. The van der Waals surface area contributed by atoms with Crippen LogP contribution in [0.2, 0.25) is 0 Å². The summed E-state index contributed by atoms with van der Waals surface area (Å²) in [7, 11) is 0. The van der Waals surface area contributed by atoms with Crippen LogP contribution in [0.3, 0.4) is 0 Å². The van der Waals surface area contributed by atoms with Crippen LogP contribution in [0, 0.1) is 9.22 Å². The molecule has 1 aliphatic carbocycles. The first kappa shape index (κ1) is 39.5. The Morgan fingerprint density at radius 1 is 0.542 bits per heavy atom. The van der Waals surface area contributed by atoms with Crippen LogP contribution in [0.5, 0.6) is 11.5 Å². The molecule has 0 bridgehead atoms. The second kappa shape index (κ2) is 13.3. The molecule has 9 rings (SSSR count). The van der Waals surface area contributed by atoms with Crippen LogP contribution in [-0.4, -0.2) is 18.7 Å². The van der Waals surface area contributed by atoms with Crippen molar-refractivity contribution in [3.63, 3.8) is 0 Å². The SMILES string of the molecule is CC(C)(C)c1ccc(-n2[c](=[Pt])n(-c3cccc(Oc4ccc5c6c7c(ccc6n(-c6cc(C(C)(C)C)ccn6)c5c4)C(C)(C)C(C)(C)C7(C)C)c3)c3ccccc32)cc1. The summed E-state index contributed by atoms with van der Waals surface area (Å²) < 4.78 is 15.0. The number of benzene rings is 5. The third kappa shape index (κ3) is 5.97. The van der Waals surface area contributed by atoms with Crippen LogP contribution < -0.4 is 4.74 Å². The summed E-state index contributed by atoms with van der Waals surface area (Å²) in [5.41, 5.74) is 12.2.